The normalized spacial score (nSPS) is 22.7. The summed E-state index contributed by atoms with van der Waals surface area (Å²) < 4.78 is 44.6. The molecule has 0 saturated carbocycles. The first kappa shape index (κ1) is 54.4. The van der Waals surface area contributed by atoms with E-state index in [-0.39, 0.29) is 88.4 Å². The smallest absolute Gasteiger partial charge is 0.410 e. The molecule has 9 heterocycles. The summed E-state index contributed by atoms with van der Waals surface area (Å²) in [6.45, 7) is 18.0. The van der Waals surface area contributed by atoms with Crippen LogP contribution >= 0.6 is 0 Å². The Hall–Kier alpha value is -7.21. The number of rotatable bonds is 12. The molecule has 6 saturated heterocycles. The average molecular weight is 1110 g/mol. The van der Waals surface area contributed by atoms with E-state index in [1.807, 2.05) is 37.8 Å². The molecule has 5 aromatic rings. The SMILES string of the molecule is C#Cc1c(F)ccc2cc(O)cc(-c3ncc4c(N5CC6CCC(C5)N6C(=O)OC(C)(C)C)nc(OCCN5CCC(CN6CCN(CC7CCN(c8ccc9c(c8)CN(C8CCC(=O)NC8=O)C9=O)CC7)CC6)CC5)nc4c3F)c12. The number of terminal acetylenes is 1. The molecule has 426 valence electrons. The van der Waals surface area contributed by atoms with Gasteiger partial charge < -0.3 is 39.1 Å². The van der Waals surface area contributed by atoms with Crippen molar-refractivity contribution in [3.63, 3.8) is 0 Å². The number of hydrogen-bond donors (Lipinski definition) is 2. The number of ether oxygens (including phenoxy) is 2. The minimum Gasteiger partial charge on any atom is -0.508 e. The number of amides is 4. The van der Waals surface area contributed by atoms with Gasteiger partial charge in [0.1, 0.15) is 46.8 Å². The van der Waals surface area contributed by atoms with Crippen molar-refractivity contribution in [1.29, 1.82) is 0 Å². The number of nitrogens with zero attached hydrogens (tertiary/aromatic N) is 10. The highest BCUT2D eigenvalue weighted by molar-refractivity contribution is 6.06. The topological polar surface area (TPSA) is 180 Å². The Morgan fingerprint density at radius 3 is 2.17 bits per heavy atom. The third-order valence-corrected chi connectivity index (χ3v) is 17.8. The Bertz CT molecular complexity index is 3310. The zero-order valence-electron chi connectivity index (χ0n) is 46.5. The van der Waals surface area contributed by atoms with E-state index in [1.54, 1.807) is 4.90 Å². The summed E-state index contributed by atoms with van der Waals surface area (Å²) in [7, 11) is 0. The van der Waals surface area contributed by atoms with Crippen molar-refractivity contribution in [3.05, 3.63) is 77.0 Å². The molecule has 6 fully saturated rings. The van der Waals surface area contributed by atoms with E-state index in [0.717, 1.165) is 115 Å². The minimum absolute atomic E-state index is 0.00324. The van der Waals surface area contributed by atoms with Crippen LogP contribution in [0, 0.1) is 35.8 Å². The number of anilines is 2. The first-order chi connectivity index (χ1) is 39.0. The molecule has 12 rings (SSSR count). The van der Waals surface area contributed by atoms with Crippen LogP contribution in [0.3, 0.4) is 0 Å². The Kier molecular flexibility index (Phi) is 15.0. The predicted molar refractivity (Wildman–Crippen MR) is 302 cm³/mol. The molecule has 7 aliphatic rings. The fourth-order valence-electron chi connectivity index (χ4n) is 13.6. The molecule has 3 unspecified atom stereocenters. The van der Waals surface area contributed by atoms with Gasteiger partial charge in [-0.3, -0.25) is 34.5 Å². The molecule has 0 spiro atoms. The number of pyridine rings is 1. The highest BCUT2D eigenvalue weighted by atomic mass is 19.1. The lowest BCUT2D eigenvalue weighted by Crippen LogP contribution is -2.57. The van der Waals surface area contributed by atoms with E-state index in [1.165, 1.54) is 30.5 Å². The molecule has 7 aliphatic heterocycles. The number of halogens is 2. The second-order valence-corrected chi connectivity index (χ2v) is 24.3. The van der Waals surface area contributed by atoms with Crippen molar-refractivity contribution in [2.24, 2.45) is 11.8 Å². The molecule has 81 heavy (non-hydrogen) atoms. The van der Waals surface area contributed by atoms with Gasteiger partial charge in [0.05, 0.1) is 23.0 Å². The van der Waals surface area contributed by atoms with Gasteiger partial charge in [-0.25, -0.2) is 13.6 Å². The van der Waals surface area contributed by atoms with Crippen LogP contribution < -0.4 is 19.9 Å². The van der Waals surface area contributed by atoms with E-state index < -0.39 is 23.3 Å². The lowest BCUT2D eigenvalue weighted by Gasteiger charge is -2.42. The maximum atomic E-state index is 17.3. The number of piperidine rings is 3. The molecule has 4 amide bonds. The second-order valence-electron chi connectivity index (χ2n) is 24.3. The summed E-state index contributed by atoms with van der Waals surface area (Å²) in [5.41, 5.74) is 1.90. The fraction of sp³-hybridized carbons (Fsp3) is 0.525. The van der Waals surface area contributed by atoms with Crippen molar-refractivity contribution in [2.45, 2.75) is 102 Å². The molecule has 2 N–H and O–H groups in total. The summed E-state index contributed by atoms with van der Waals surface area (Å²) in [4.78, 5) is 80.7. The van der Waals surface area contributed by atoms with Crippen LogP contribution in [-0.2, 0) is 20.9 Å². The van der Waals surface area contributed by atoms with Gasteiger partial charge in [0.15, 0.2) is 5.82 Å². The van der Waals surface area contributed by atoms with Crippen LogP contribution in [-0.4, -0.2) is 184 Å². The van der Waals surface area contributed by atoms with Crippen LogP contribution in [0.4, 0.5) is 25.1 Å². The van der Waals surface area contributed by atoms with Gasteiger partial charge in [-0.1, -0.05) is 12.0 Å². The van der Waals surface area contributed by atoms with Gasteiger partial charge in [-0.05, 0) is 138 Å². The number of likely N-dealkylation sites (tertiary alicyclic amines) is 1. The van der Waals surface area contributed by atoms with E-state index in [2.05, 4.69) is 51.8 Å². The van der Waals surface area contributed by atoms with E-state index in [4.69, 9.17) is 20.9 Å². The van der Waals surface area contributed by atoms with Gasteiger partial charge in [-0.2, -0.15) is 9.97 Å². The van der Waals surface area contributed by atoms with E-state index >= 15 is 8.78 Å². The van der Waals surface area contributed by atoms with Crippen molar-refractivity contribution in [3.8, 4) is 35.4 Å². The fourth-order valence-corrected chi connectivity index (χ4v) is 13.6. The Labute approximate surface area is 470 Å². The number of hydrogen-bond acceptors (Lipinski definition) is 15. The molecular formula is C61H71F2N11O7. The van der Waals surface area contributed by atoms with Crippen molar-refractivity contribution < 1.29 is 42.5 Å². The number of imide groups is 1. The second kappa shape index (κ2) is 22.3. The van der Waals surface area contributed by atoms with Gasteiger partial charge in [0.25, 0.3) is 5.91 Å². The lowest BCUT2D eigenvalue weighted by atomic mass is 9.94. The number of aromatic nitrogens is 3. The van der Waals surface area contributed by atoms with Gasteiger partial charge in [-0.15, -0.1) is 6.42 Å². The number of piperazine rings is 2. The maximum absolute atomic E-state index is 17.3. The molecule has 3 atom stereocenters. The van der Waals surface area contributed by atoms with Crippen LogP contribution in [0.25, 0.3) is 32.9 Å². The first-order valence-electron chi connectivity index (χ1n) is 28.9. The van der Waals surface area contributed by atoms with Crippen molar-refractivity contribution >= 4 is 57.0 Å². The van der Waals surface area contributed by atoms with Gasteiger partial charge in [0.2, 0.25) is 11.8 Å². The molecular weight excluding hydrogens is 1040 g/mol. The lowest BCUT2D eigenvalue weighted by molar-refractivity contribution is -0.136. The highest BCUT2D eigenvalue weighted by Gasteiger charge is 2.46. The highest BCUT2D eigenvalue weighted by Crippen LogP contribution is 2.41. The molecule has 0 aliphatic carbocycles. The Morgan fingerprint density at radius 2 is 1.51 bits per heavy atom. The van der Waals surface area contributed by atoms with E-state index in [9.17, 15) is 24.3 Å². The monoisotopic (exact) mass is 1110 g/mol. The average Bonchev–Trinajstić information content (AvgIpc) is 4.06. The molecule has 2 bridgehead atoms. The first-order valence-corrected chi connectivity index (χ1v) is 28.9. The van der Waals surface area contributed by atoms with Crippen molar-refractivity contribution in [2.75, 3.05) is 101 Å². The van der Waals surface area contributed by atoms with E-state index in [0.29, 0.717) is 66.6 Å². The van der Waals surface area contributed by atoms with Gasteiger partial charge in [0, 0.05) is 113 Å². The molecule has 2 aromatic heterocycles. The summed E-state index contributed by atoms with van der Waals surface area (Å²) in [6, 6.07) is 10.6. The quantitative estimate of drug-likeness (QED) is 0.0985. The summed E-state index contributed by atoms with van der Waals surface area (Å²) in [6.07, 6.45) is 13.5. The summed E-state index contributed by atoms with van der Waals surface area (Å²) in [5, 5.41) is 14.2. The summed E-state index contributed by atoms with van der Waals surface area (Å²) >= 11 is 0. The minimum atomic E-state index is -0.797. The van der Waals surface area contributed by atoms with Crippen LogP contribution in [0.2, 0.25) is 0 Å². The Morgan fingerprint density at radius 1 is 0.815 bits per heavy atom. The zero-order valence-corrected chi connectivity index (χ0v) is 46.5. The Balaban J connectivity index is 0.639. The number of carbonyl (C=O) groups excluding carboxylic acids is 4. The zero-order chi connectivity index (χ0) is 56.3. The predicted octanol–water partition coefficient (Wildman–Crippen LogP) is 6.78. The number of aromatic hydroxyl groups is 1. The number of nitrogens with one attached hydrogen (secondary N) is 1. The molecule has 3 aromatic carbocycles. The number of fused-ring (bicyclic) bond motifs is 5. The molecule has 18 nitrogen and oxygen atoms in total. The summed E-state index contributed by atoms with van der Waals surface area (Å²) in [5.74, 6) is 1.65. The van der Waals surface area contributed by atoms with Crippen LogP contribution in [0.15, 0.2) is 48.7 Å². The largest absolute Gasteiger partial charge is 0.508 e. The number of benzene rings is 3. The number of phenolic OH excluding ortho intramolecular Hbond substituents is 1. The maximum Gasteiger partial charge on any atom is 0.410 e. The third kappa shape index (κ3) is 11.2. The number of phenols is 1. The molecule has 20 heteroatoms. The van der Waals surface area contributed by atoms with Crippen LogP contribution in [0.1, 0.15) is 93.6 Å². The van der Waals surface area contributed by atoms with Crippen molar-refractivity contribution in [1.82, 2.24) is 44.8 Å². The van der Waals surface area contributed by atoms with Gasteiger partial charge >= 0.3 is 12.1 Å². The standard InChI is InChI=1S/C61H71F2N11O7/c1-5-45-49(62)11-6-39-29-44(75)30-47(52(39)45)54-53(63)55-48(31-64-54)56(72-35-42-7-8-43(36-72)74(42)60(79)81-61(2,3)4)67-59(66-55)80-27-26-68-18-14-37(15-19-68)32-69-22-24-70(25-23-69)33-38-16-20-71(21-17-38)41-9-10-46-40(28-41)34-73(58(46)78)50-12-13-51(76)65-57(50)77/h1,6,9-11,28-31,37-38,42-43,50,75H,7-8,12-27,32-36H2,2-4H3,(H,65,76,77). The number of carbonyl (C=O) groups is 4. The third-order valence-electron chi connectivity index (χ3n) is 17.8. The van der Waals surface area contributed by atoms with Crippen LogP contribution in [0.5, 0.6) is 11.8 Å². The molecule has 0 radical (unpaired) electrons.